The second-order valence-corrected chi connectivity index (χ2v) is 4.81. The summed E-state index contributed by atoms with van der Waals surface area (Å²) in [5.74, 6) is 0.863. The molecule has 0 radical (unpaired) electrons. The van der Waals surface area contributed by atoms with Gasteiger partial charge >= 0.3 is 0 Å². The second-order valence-electron chi connectivity index (χ2n) is 3.82. The van der Waals surface area contributed by atoms with Gasteiger partial charge in [0, 0.05) is 43.1 Å². The number of nitro groups is 1. The van der Waals surface area contributed by atoms with Gasteiger partial charge in [0.1, 0.15) is 0 Å². The second kappa shape index (κ2) is 8.36. The van der Waals surface area contributed by atoms with Crippen molar-refractivity contribution in [2.75, 3.05) is 30.4 Å². The molecule has 1 aromatic carbocycles. The zero-order valence-electron chi connectivity index (χ0n) is 10.7. The molecule has 0 spiro atoms. The summed E-state index contributed by atoms with van der Waals surface area (Å²) in [4.78, 5) is 21.3. The molecular formula is C12H17N3O3S. The Bertz CT molecular complexity index is 423. The molecular weight excluding hydrogens is 266 g/mol. The van der Waals surface area contributed by atoms with Gasteiger partial charge in [-0.2, -0.15) is 11.8 Å². The average Bonchev–Trinajstić information content (AvgIpc) is 2.41. The lowest BCUT2D eigenvalue weighted by molar-refractivity contribution is -0.384. The van der Waals surface area contributed by atoms with Crippen LogP contribution in [-0.2, 0) is 4.79 Å². The first-order valence-electron chi connectivity index (χ1n) is 5.87. The van der Waals surface area contributed by atoms with Crippen molar-refractivity contribution in [2.24, 2.45) is 0 Å². The van der Waals surface area contributed by atoms with E-state index in [9.17, 15) is 14.9 Å². The van der Waals surface area contributed by atoms with Crippen molar-refractivity contribution in [1.82, 2.24) is 5.32 Å². The summed E-state index contributed by atoms with van der Waals surface area (Å²) in [6.45, 7) is 1.12. The number of benzene rings is 1. The van der Waals surface area contributed by atoms with E-state index >= 15 is 0 Å². The van der Waals surface area contributed by atoms with Gasteiger partial charge < -0.3 is 10.6 Å². The maximum absolute atomic E-state index is 11.3. The highest BCUT2D eigenvalue weighted by molar-refractivity contribution is 7.98. The van der Waals surface area contributed by atoms with Crippen LogP contribution in [0.25, 0.3) is 0 Å². The van der Waals surface area contributed by atoms with Gasteiger partial charge in [0.25, 0.3) is 5.69 Å². The van der Waals surface area contributed by atoms with Gasteiger partial charge in [-0.15, -0.1) is 0 Å². The quantitative estimate of drug-likeness (QED) is 0.432. The average molecular weight is 283 g/mol. The molecule has 7 heteroatoms. The Labute approximate surface area is 116 Å². The van der Waals surface area contributed by atoms with Crippen molar-refractivity contribution >= 4 is 29.0 Å². The zero-order valence-corrected chi connectivity index (χ0v) is 11.5. The van der Waals surface area contributed by atoms with Crippen LogP contribution in [0.5, 0.6) is 0 Å². The first-order chi connectivity index (χ1) is 9.13. The van der Waals surface area contributed by atoms with Crippen LogP contribution in [0.3, 0.4) is 0 Å². The predicted octanol–water partition coefficient (Wildman–Crippen LogP) is 1.88. The molecule has 0 bridgehead atoms. The summed E-state index contributed by atoms with van der Waals surface area (Å²) in [6, 6.07) is 6.18. The molecule has 0 heterocycles. The standard InChI is InChI=1S/C12H17N3O3S/c1-19-9-6-12(16)14-8-7-13-10-2-4-11(5-3-10)15(17)18/h2-5,13H,6-9H2,1H3,(H,14,16). The van der Waals surface area contributed by atoms with Gasteiger partial charge in [0.05, 0.1) is 4.92 Å². The third-order valence-corrected chi connectivity index (χ3v) is 3.00. The number of nitrogens with zero attached hydrogens (tertiary/aromatic N) is 1. The highest BCUT2D eigenvalue weighted by atomic mass is 32.2. The summed E-state index contributed by atoms with van der Waals surface area (Å²) in [5.41, 5.74) is 0.861. The minimum atomic E-state index is -0.435. The van der Waals surface area contributed by atoms with Crippen LogP contribution < -0.4 is 10.6 Å². The van der Waals surface area contributed by atoms with Crippen molar-refractivity contribution in [3.8, 4) is 0 Å². The number of hydrogen-bond donors (Lipinski definition) is 2. The van der Waals surface area contributed by atoms with Gasteiger partial charge in [0.2, 0.25) is 5.91 Å². The van der Waals surface area contributed by atoms with E-state index in [1.54, 1.807) is 23.9 Å². The van der Waals surface area contributed by atoms with Crippen LogP contribution in [0.2, 0.25) is 0 Å². The van der Waals surface area contributed by atoms with E-state index in [1.165, 1.54) is 12.1 Å². The third-order valence-electron chi connectivity index (χ3n) is 2.39. The van der Waals surface area contributed by atoms with Crippen molar-refractivity contribution in [2.45, 2.75) is 6.42 Å². The molecule has 0 aliphatic carbocycles. The molecule has 2 N–H and O–H groups in total. The molecule has 104 valence electrons. The fraction of sp³-hybridized carbons (Fsp3) is 0.417. The zero-order chi connectivity index (χ0) is 14.1. The number of anilines is 1. The first-order valence-corrected chi connectivity index (χ1v) is 7.27. The number of carbonyl (C=O) groups is 1. The molecule has 0 fully saturated rings. The molecule has 0 atom stereocenters. The van der Waals surface area contributed by atoms with Crippen LogP contribution >= 0.6 is 11.8 Å². The van der Waals surface area contributed by atoms with Crippen molar-refractivity contribution in [3.05, 3.63) is 34.4 Å². The Hall–Kier alpha value is -1.76. The summed E-state index contributed by atoms with van der Waals surface area (Å²) in [6.07, 6.45) is 2.49. The van der Waals surface area contributed by atoms with E-state index < -0.39 is 4.92 Å². The molecule has 6 nitrogen and oxygen atoms in total. The Morgan fingerprint density at radius 3 is 2.58 bits per heavy atom. The summed E-state index contributed by atoms with van der Waals surface area (Å²) < 4.78 is 0. The van der Waals surface area contributed by atoms with Crippen molar-refractivity contribution in [1.29, 1.82) is 0 Å². The van der Waals surface area contributed by atoms with E-state index in [-0.39, 0.29) is 11.6 Å². The van der Waals surface area contributed by atoms with E-state index in [0.717, 1.165) is 11.4 Å². The van der Waals surface area contributed by atoms with Gasteiger partial charge in [-0.25, -0.2) is 0 Å². The number of thioether (sulfide) groups is 1. The fourth-order valence-corrected chi connectivity index (χ4v) is 1.78. The van der Waals surface area contributed by atoms with Crippen LogP contribution in [0.1, 0.15) is 6.42 Å². The predicted molar refractivity (Wildman–Crippen MR) is 77.6 cm³/mol. The topological polar surface area (TPSA) is 84.3 Å². The number of rotatable bonds is 8. The maximum atomic E-state index is 11.3. The SMILES string of the molecule is CSCCC(=O)NCCNc1ccc([N+](=O)[O-])cc1. The Kier molecular flexibility index (Phi) is 6.73. The summed E-state index contributed by atoms with van der Waals surface area (Å²) in [7, 11) is 0. The summed E-state index contributed by atoms with van der Waals surface area (Å²) in [5, 5.41) is 16.3. The molecule has 0 aliphatic rings. The highest BCUT2D eigenvalue weighted by Crippen LogP contribution is 2.14. The smallest absolute Gasteiger partial charge is 0.269 e. The molecule has 0 saturated carbocycles. The Morgan fingerprint density at radius 1 is 1.32 bits per heavy atom. The van der Waals surface area contributed by atoms with E-state index in [1.807, 2.05) is 6.26 Å². The molecule has 0 aliphatic heterocycles. The highest BCUT2D eigenvalue weighted by Gasteiger charge is 2.03. The summed E-state index contributed by atoms with van der Waals surface area (Å²) >= 11 is 1.64. The maximum Gasteiger partial charge on any atom is 0.269 e. The molecule has 19 heavy (non-hydrogen) atoms. The Balaban J connectivity index is 2.22. The lowest BCUT2D eigenvalue weighted by Crippen LogP contribution is -2.28. The third kappa shape index (κ3) is 6.10. The van der Waals surface area contributed by atoms with Gasteiger partial charge in [-0.05, 0) is 18.4 Å². The monoisotopic (exact) mass is 283 g/mol. The largest absolute Gasteiger partial charge is 0.383 e. The fourth-order valence-electron chi connectivity index (χ4n) is 1.39. The number of non-ortho nitro benzene ring substituents is 1. The lowest BCUT2D eigenvalue weighted by atomic mass is 10.3. The first kappa shape index (κ1) is 15.3. The normalized spacial score (nSPS) is 9.95. The minimum absolute atomic E-state index is 0.0415. The Morgan fingerprint density at radius 2 is 2.00 bits per heavy atom. The molecule has 0 unspecified atom stereocenters. The van der Waals surface area contributed by atoms with Gasteiger partial charge in [-0.1, -0.05) is 0 Å². The van der Waals surface area contributed by atoms with Crippen LogP contribution in [0, 0.1) is 10.1 Å². The van der Waals surface area contributed by atoms with Gasteiger partial charge in [0.15, 0.2) is 0 Å². The van der Waals surface area contributed by atoms with Crippen molar-refractivity contribution < 1.29 is 9.72 Å². The van der Waals surface area contributed by atoms with Crippen LogP contribution in [0.15, 0.2) is 24.3 Å². The molecule has 0 aromatic heterocycles. The van der Waals surface area contributed by atoms with Crippen molar-refractivity contribution in [3.63, 3.8) is 0 Å². The molecule has 1 amide bonds. The van der Waals surface area contributed by atoms with Gasteiger partial charge in [-0.3, -0.25) is 14.9 Å². The van der Waals surface area contributed by atoms with E-state index in [4.69, 9.17) is 0 Å². The molecule has 0 saturated heterocycles. The molecule has 1 aromatic rings. The number of carbonyl (C=O) groups excluding carboxylic acids is 1. The number of amides is 1. The van der Waals surface area contributed by atoms with Crippen LogP contribution in [-0.4, -0.2) is 35.9 Å². The lowest BCUT2D eigenvalue weighted by Gasteiger charge is -2.07. The number of hydrogen-bond acceptors (Lipinski definition) is 5. The number of nitrogens with one attached hydrogen (secondary N) is 2. The minimum Gasteiger partial charge on any atom is -0.383 e. The number of nitro benzene ring substituents is 1. The van der Waals surface area contributed by atoms with Crippen LogP contribution in [0.4, 0.5) is 11.4 Å². The van der Waals surface area contributed by atoms with E-state index in [0.29, 0.717) is 19.5 Å². The van der Waals surface area contributed by atoms with E-state index in [2.05, 4.69) is 10.6 Å². The molecule has 1 rings (SSSR count).